The van der Waals surface area contributed by atoms with Crippen LogP contribution in [0, 0.1) is 0 Å². The summed E-state index contributed by atoms with van der Waals surface area (Å²) in [7, 11) is 0. The van der Waals surface area contributed by atoms with Gasteiger partial charge in [0.25, 0.3) is 0 Å². The first kappa shape index (κ1) is 22.1. The zero-order chi connectivity index (χ0) is 25.5. The molecule has 0 saturated heterocycles. The maximum absolute atomic E-state index is 2.51. The monoisotopic (exact) mass is 596 g/mol. The normalized spacial score (nSPS) is 12.1. The van der Waals surface area contributed by atoms with Gasteiger partial charge in [-0.15, -0.1) is 0 Å². The molecule has 0 N–H and O–H groups in total. The molecule has 3 heteroatoms. The van der Waals surface area contributed by atoms with E-state index in [2.05, 4.69) is 120 Å². The predicted octanol–water partition coefficient (Wildman–Crippen LogP) is 11.1. The summed E-state index contributed by atoms with van der Waals surface area (Å²) in [6.07, 6.45) is 0. The van der Waals surface area contributed by atoms with E-state index in [0.717, 1.165) is 0 Å². The van der Waals surface area contributed by atoms with Gasteiger partial charge in [-0.25, -0.2) is 0 Å². The minimum atomic E-state index is 0.238. The average molecular weight is 596 g/mol. The van der Waals surface area contributed by atoms with E-state index in [1.807, 2.05) is 22.7 Å². The Morgan fingerprint density at radius 1 is 0.410 bits per heavy atom. The Kier molecular flexibility index (Phi) is 4.76. The SMILES string of the molecule is c1csc(-c2cc3[se]c4cc(-c5cccs5)c5cc6ccccc6cc5c4c3c3cc4ccccc4cc23)c1. The van der Waals surface area contributed by atoms with Crippen LogP contribution in [0.2, 0.25) is 0 Å². The molecular weight excluding hydrogens is 575 g/mol. The van der Waals surface area contributed by atoms with Gasteiger partial charge >= 0.3 is 240 Å². The van der Waals surface area contributed by atoms with E-state index in [1.54, 1.807) is 0 Å². The van der Waals surface area contributed by atoms with E-state index in [1.165, 1.54) is 83.3 Å². The van der Waals surface area contributed by atoms with Crippen LogP contribution < -0.4 is 0 Å². The second kappa shape index (κ2) is 8.39. The average Bonchev–Trinajstić information content (AvgIpc) is 3.75. The van der Waals surface area contributed by atoms with E-state index in [0.29, 0.717) is 0 Å². The fourth-order valence-electron chi connectivity index (χ4n) is 6.23. The van der Waals surface area contributed by atoms with Gasteiger partial charge in [0.15, 0.2) is 0 Å². The summed E-state index contributed by atoms with van der Waals surface area (Å²) in [6, 6.07) is 41.3. The van der Waals surface area contributed by atoms with Gasteiger partial charge in [0, 0.05) is 0 Å². The van der Waals surface area contributed by atoms with Crippen molar-refractivity contribution in [2.75, 3.05) is 0 Å². The van der Waals surface area contributed by atoms with Crippen LogP contribution in [-0.4, -0.2) is 14.5 Å². The molecule has 9 aromatic rings. The third-order valence-electron chi connectivity index (χ3n) is 7.98. The molecule has 0 spiro atoms. The molecule has 3 heterocycles. The van der Waals surface area contributed by atoms with Crippen molar-refractivity contribution in [3.63, 3.8) is 0 Å². The van der Waals surface area contributed by atoms with Crippen LogP contribution in [0.1, 0.15) is 0 Å². The summed E-state index contributed by atoms with van der Waals surface area (Å²) in [5, 5.41) is 18.0. The maximum atomic E-state index is 2.51. The molecule has 0 radical (unpaired) electrons. The number of rotatable bonds is 2. The number of thiophene rings is 2. The Labute approximate surface area is 239 Å². The molecule has 0 aliphatic heterocycles. The van der Waals surface area contributed by atoms with E-state index in [4.69, 9.17) is 0 Å². The first-order valence-corrected chi connectivity index (χ1v) is 16.5. The number of fused-ring (bicyclic) bond motifs is 9. The van der Waals surface area contributed by atoms with E-state index < -0.39 is 0 Å². The van der Waals surface area contributed by atoms with Crippen LogP contribution in [0.4, 0.5) is 0 Å². The molecule has 182 valence electrons. The van der Waals surface area contributed by atoms with Crippen molar-refractivity contribution in [2.24, 2.45) is 0 Å². The molecule has 0 aliphatic carbocycles. The second-order valence-electron chi connectivity index (χ2n) is 10.1. The van der Waals surface area contributed by atoms with Crippen molar-refractivity contribution < 1.29 is 0 Å². The molecule has 0 saturated carbocycles. The van der Waals surface area contributed by atoms with Gasteiger partial charge in [-0.1, -0.05) is 0 Å². The van der Waals surface area contributed by atoms with Gasteiger partial charge in [0.05, 0.1) is 0 Å². The quantitative estimate of drug-likeness (QED) is 0.138. The van der Waals surface area contributed by atoms with Gasteiger partial charge in [0.1, 0.15) is 0 Å². The Bertz CT molecular complexity index is 2200. The molecule has 0 aliphatic rings. The molecular formula is C36H20S2Se. The molecule has 9 rings (SSSR count). The molecule has 6 aromatic carbocycles. The Hall–Kier alpha value is -3.72. The van der Waals surface area contributed by atoms with Gasteiger partial charge in [-0.2, -0.15) is 0 Å². The fourth-order valence-corrected chi connectivity index (χ4v) is 10.3. The molecule has 0 fully saturated rings. The van der Waals surface area contributed by atoms with Crippen LogP contribution in [0.5, 0.6) is 0 Å². The zero-order valence-electron chi connectivity index (χ0n) is 20.8. The summed E-state index contributed by atoms with van der Waals surface area (Å²) in [5.41, 5.74) is 2.74. The van der Waals surface area contributed by atoms with Crippen molar-refractivity contribution in [2.45, 2.75) is 0 Å². The first-order valence-electron chi connectivity index (χ1n) is 13.1. The molecule has 0 amide bonds. The molecule has 0 nitrogen and oxygen atoms in total. The summed E-state index contributed by atoms with van der Waals surface area (Å²) in [6.45, 7) is 0. The predicted molar refractivity (Wildman–Crippen MR) is 175 cm³/mol. The number of benzene rings is 6. The second-order valence-corrected chi connectivity index (χ2v) is 14.3. The van der Waals surface area contributed by atoms with Gasteiger partial charge in [-0.3, -0.25) is 0 Å². The van der Waals surface area contributed by atoms with Gasteiger partial charge in [-0.05, 0) is 0 Å². The van der Waals surface area contributed by atoms with Crippen molar-refractivity contribution in [1.82, 2.24) is 0 Å². The van der Waals surface area contributed by atoms with E-state index in [9.17, 15) is 0 Å². The van der Waals surface area contributed by atoms with Crippen LogP contribution in [0.15, 0.2) is 120 Å². The molecule has 0 bridgehead atoms. The van der Waals surface area contributed by atoms with Crippen LogP contribution in [0.25, 0.3) is 83.3 Å². The van der Waals surface area contributed by atoms with Gasteiger partial charge in [0.2, 0.25) is 0 Å². The molecule has 39 heavy (non-hydrogen) atoms. The Morgan fingerprint density at radius 2 is 0.821 bits per heavy atom. The Morgan fingerprint density at radius 3 is 1.21 bits per heavy atom. The van der Waals surface area contributed by atoms with Crippen molar-refractivity contribution in [1.29, 1.82) is 0 Å². The molecule has 3 aromatic heterocycles. The van der Waals surface area contributed by atoms with Gasteiger partial charge < -0.3 is 0 Å². The third kappa shape index (κ3) is 3.28. The number of hydrogen-bond acceptors (Lipinski definition) is 2. The third-order valence-corrected chi connectivity index (χ3v) is 12.1. The van der Waals surface area contributed by atoms with Crippen LogP contribution in [-0.2, 0) is 0 Å². The van der Waals surface area contributed by atoms with E-state index >= 15 is 0 Å². The van der Waals surface area contributed by atoms with Crippen LogP contribution in [0.3, 0.4) is 0 Å². The summed E-state index contributed by atoms with van der Waals surface area (Å²) in [4.78, 5) is 2.69. The van der Waals surface area contributed by atoms with Crippen LogP contribution >= 0.6 is 22.7 Å². The summed E-state index contributed by atoms with van der Waals surface area (Å²) >= 11 is 3.92. The zero-order valence-corrected chi connectivity index (χ0v) is 24.1. The molecule has 0 unspecified atom stereocenters. The van der Waals surface area contributed by atoms with Crippen molar-refractivity contribution >= 4 is 99.6 Å². The minimum absolute atomic E-state index is 0.238. The van der Waals surface area contributed by atoms with Crippen molar-refractivity contribution in [3.8, 4) is 20.9 Å². The first-order chi connectivity index (χ1) is 19.3. The fraction of sp³-hybridized carbons (Fsp3) is 0. The standard InChI is InChI=1S/C36H20S2Se/c1-3-9-23-17-29-25(15-21(23)7-1)27(31-11-5-13-37-31)19-33-35(29)36-30-18-24-10-4-2-8-22(24)16-26(30)28(20-34(36)39-33)32-12-6-14-38-32/h1-20H. The molecule has 0 atom stereocenters. The Balaban J connectivity index is 1.54. The number of hydrogen-bond donors (Lipinski definition) is 0. The summed E-state index contributed by atoms with van der Waals surface area (Å²) in [5.74, 6) is 0. The topological polar surface area (TPSA) is 0 Å². The summed E-state index contributed by atoms with van der Waals surface area (Å²) < 4.78 is 3.00. The van der Waals surface area contributed by atoms with E-state index in [-0.39, 0.29) is 14.5 Å². The van der Waals surface area contributed by atoms with Crippen molar-refractivity contribution in [3.05, 3.63) is 120 Å².